The van der Waals surface area contributed by atoms with E-state index in [4.69, 9.17) is 5.73 Å². The zero-order chi connectivity index (χ0) is 15.5. The summed E-state index contributed by atoms with van der Waals surface area (Å²) in [4.78, 5) is 4.99. The molecule has 0 amide bonds. The lowest BCUT2D eigenvalue weighted by Gasteiger charge is -2.09. The van der Waals surface area contributed by atoms with Gasteiger partial charge in [-0.2, -0.15) is 13.2 Å². The van der Waals surface area contributed by atoms with Gasteiger partial charge in [0.25, 0.3) is 0 Å². The fourth-order valence-corrected chi connectivity index (χ4v) is 3.90. The van der Waals surface area contributed by atoms with Crippen molar-refractivity contribution in [1.82, 2.24) is 4.98 Å². The van der Waals surface area contributed by atoms with Crippen molar-refractivity contribution in [3.05, 3.63) is 46.6 Å². The Kier molecular flexibility index (Phi) is 5.45. The molecular formula is C13H10BrF3N2S2. The minimum atomic E-state index is -4.28. The molecule has 8 heteroatoms. The van der Waals surface area contributed by atoms with Crippen molar-refractivity contribution >= 4 is 45.3 Å². The van der Waals surface area contributed by atoms with E-state index in [-0.39, 0.29) is 16.7 Å². The highest BCUT2D eigenvalue weighted by Crippen LogP contribution is 2.39. The summed E-state index contributed by atoms with van der Waals surface area (Å²) in [5.41, 5.74) is 2.36. The molecule has 0 atom stereocenters. The van der Waals surface area contributed by atoms with Crippen molar-refractivity contribution in [1.29, 1.82) is 0 Å². The summed E-state index contributed by atoms with van der Waals surface area (Å²) >= 11 is 4.67. The van der Waals surface area contributed by atoms with Gasteiger partial charge in [-0.15, -0.1) is 11.8 Å². The minimum Gasteiger partial charge on any atom is -0.383 e. The molecule has 0 fully saturated rings. The minimum absolute atomic E-state index is 0.126. The van der Waals surface area contributed by atoms with Gasteiger partial charge in [0.05, 0.1) is 0 Å². The summed E-state index contributed by atoms with van der Waals surface area (Å²) in [7, 11) is 0. The van der Waals surface area contributed by atoms with Crippen LogP contribution >= 0.6 is 39.5 Å². The second-order valence-electron chi connectivity index (χ2n) is 3.98. The van der Waals surface area contributed by atoms with Crippen LogP contribution in [0.25, 0.3) is 0 Å². The Morgan fingerprint density at radius 1 is 1.24 bits per heavy atom. The molecule has 0 aliphatic rings. The van der Waals surface area contributed by atoms with Gasteiger partial charge in [0.1, 0.15) is 5.82 Å². The first-order chi connectivity index (χ1) is 9.85. The van der Waals surface area contributed by atoms with E-state index in [9.17, 15) is 13.2 Å². The molecule has 0 saturated carbocycles. The van der Waals surface area contributed by atoms with Gasteiger partial charge >= 0.3 is 5.51 Å². The van der Waals surface area contributed by atoms with Crippen LogP contribution in [0.2, 0.25) is 0 Å². The van der Waals surface area contributed by atoms with Crippen LogP contribution in [0.15, 0.2) is 50.8 Å². The predicted molar refractivity (Wildman–Crippen MR) is 84.3 cm³/mol. The van der Waals surface area contributed by atoms with E-state index < -0.39 is 5.51 Å². The number of alkyl halides is 3. The normalized spacial score (nSPS) is 11.6. The van der Waals surface area contributed by atoms with E-state index in [1.165, 1.54) is 23.9 Å². The van der Waals surface area contributed by atoms with Crippen molar-refractivity contribution in [2.75, 3.05) is 5.73 Å². The topological polar surface area (TPSA) is 38.9 Å². The van der Waals surface area contributed by atoms with Gasteiger partial charge in [-0.05, 0) is 41.6 Å². The third kappa shape index (κ3) is 5.12. The summed E-state index contributed by atoms with van der Waals surface area (Å²) in [6, 6.07) is 8.26. The van der Waals surface area contributed by atoms with E-state index in [2.05, 4.69) is 20.9 Å². The molecule has 2 N–H and O–H groups in total. The Hall–Kier alpha value is -0.860. The third-order valence-corrected chi connectivity index (χ3v) is 5.01. The lowest BCUT2D eigenvalue weighted by Crippen LogP contribution is -1.99. The van der Waals surface area contributed by atoms with Crippen molar-refractivity contribution in [3.8, 4) is 0 Å². The maximum Gasteiger partial charge on any atom is 0.446 e. The molecule has 21 heavy (non-hydrogen) atoms. The predicted octanol–water partition coefficient (Wildman–Crippen LogP) is 5.33. The molecule has 1 aromatic carbocycles. The first kappa shape index (κ1) is 16.5. The SMILES string of the molecule is Nc1ncccc1SCc1ccc(SC(F)(F)F)cc1Br. The quantitative estimate of drug-likeness (QED) is 0.711. The molecule has 0 saturated heterocycles. The highest BCUT2D eigenvalue weighted by atomic mass is 79.9. The van der Waals surface area contributed by atoms with E-state index in [0.29, 0.717) is 16.0 Å². The Balaban J connectivity index is 2.06. The van der Waals surface area contributed by atoms with Crippen LogP contribution in [0.1, 0.15) is 5.56 Å². The maximum absolute atomic E-state index is 12.3. The van der Waals surface area contributed by atoms with Crippen LogP contribution in [0, 0.1) is 0 Å². The molecule has 0 spiro atoms. The molecule has 0 aliphatic carbocycles. The largest absolute Gasteiger partial charge is 0.446 e. The summed E-state index contributed by atoms with van der Waals surface area (Å²) in [6.45, 7) is 0. The Labute approximate surface area is 136 Å². The number of thioether (sulfide) groups is 2. The van der Waals surface area contributed by atoms with Crippen LogP contribution in [-0.2, 0) is 5.75 Å². The number of nitrogens with two attached hydrogens (primary N) is 1. The summed E-state index contributed by atoms with van der Waals surface area (Å²) in [6.07, 6.45) is 1.61. The molecule has 1 aromatic heterocycles. The second kappa shape index (κ2) is 6.93. The monoisotopic (exact) mass is 394 g/mol. The molecule has 1 heterocycles. The molecule has 0 radical (unpaired) electrons. The van der Waals surface area contributed by atoms with Gasteiger partial charge < -0.3 is 5.73 Å². The molecule has 0 unspecified atom stereocenters. The van der Waals surface area contributed by atoms with Gasteiger partial charge in [-0.1, -0.05) is 22.0 Å². The van der Waals surface area contributed by atoms with Crippen LogP contribution in [0.5, 0.6) is 0 Å². The van der Waals surface area contributed by atoms with Crippen molar-refractivity contribution in [3.63, 3.8) is 0 Å². The Morgan fingerprint density at radius 2 is 2.00 bits per heavy atom. The molecule has 2 nitrogen and oxygen atoms in total. The number of halogens is 4. The van der Waals surface area contributed by atoms with E-state index in [1.807, 2.05) is 6.07 Å². The van der Waals surface area contributed by atoms with Crippen LogP contribution < -0.4 is 5.73 Å². The average molecular weight is 395 g/mol. The number of hydrogen-bond acceptors (Lipinski definition) is 4. The van der Waals surface area contributed by atoms with Crippen molar-refractivity contribution < 1.29 is 13.2 Å². The van der Waals surface area contributed by atoms with E-state index >= 15 is 0 Å². The first-order valence-corrected chi connectivity index (χ1v) is 8.32. The van der Waals surface area contributed by atoms with Crippen LogP contribution in [-0.4, -0.2) is 10.5 Å². The molecule has 0 aliphatic heterocycles. The fourth-order valence-electron chi connectivity index (χ4n) is 1.52. The molecule has 2 rings (SSSR count). The standard InChI is InChI=1S/C13H10BrF3N2S2/c14-10-6-9(21-13(15,16)17)4-3-8(10)7-20-11-2-1-5-19-12(11)18/h1-6H,7H2,(H2,18,19). The lowest BCUT2D eigenvalue weighted by molar-refractivity contribution is -0.0328. The smallest absolute Gasteiger partial charge is 0.383 e. The molecule has 112 valence electrons. The van der Waals surface area contributed by atoms with Crippen molar-refractivity contribution in [2.45, 2.75) is 21.1 Å². The van der Waals surface area contributed by atoms with Gasteiger partial charge in [0.15, 0.2) is 0 Å². The Morgan fingerprint density at radius 3 is 2.62 bits per heavy atom. The van der Waals surface area contributed by atoms with Crippen LogP contribution in [0.4, 0.5) is 19.0 Å². The van der Waals surface area contributed by atoms with E-state index in [1.54, 1.807) is 18.3 Å². The van der Waals surface area contributed by atoms with E-state index in [0.717, 1.165) is 10.5 Å². The van der Waals surface area contributed by atoms with Gasteiger partial charge in [0, 0.05) is 26.2 Å². The van der Waals surface area contributed by atoms with Gasteiger partial charge in [-0.3, -0.25) is 0 Å². The summed E-state index contributed by atoms with van der Waals surface area (Å²) < 4.78 is 37.6. The number of hydrogen-bond donors (Lipinski definition) is 1. The van der Waals surface area contributed by atoms with Gasteiger partial charge in [0.2, 0.25) is 0 Å². The Bertz CT molecular complexity index is 635. The highest BCUT2D eigenvalue weighted by Gasteiger charge is 2.29. The second-order valence-corrected chi connectivity index (χ2v) is 6.99. The molecule has 2 aromatic rings. The van der Waals surface area contributed by atoms with Crippen molar-refractivity contribution in [2.24, 2.45) is 0 Å². The van der Waals surface area contributed by atoms with Gasteiger partial charge in [-0.25, -0.2) is 4.98 Å². The third-order valence-electron chi connectivity index (χ3n) is 2.44. The summed E-state index contributed by atoms with van der Waals surface area (Å²) in [5.74, 6) is 1.04. The number of nitrogens with zero attached hydrogens (tertiary/aromatic N) is 1. The zero-order valence-corrected chi connectivity index (χ0v) is 13.7. The number of benzene rings is 1. The number of rotatable bonds is 4. The fraction of sp³-hybridized carbons (Fsp3) is 0.154. The zero-order valence-electron chi connectivity index (χ0n) is 10.5. The molecular weight excluding hydrogens is 385 g/mol. The number of aromatic nitrogens is 1. The summed E-state index contributed by atoms with van der Waals surface area (Å²) in [5, 5.41) is 0. The maximum atomic E-state index is 12.3. The number of pyridine rings is 1. The highest BCUT2D eigenvalue weighted by molar-refractivity contribution is 9.10. The number of nitrogen functional groups attached to an aromatic ring is 1. The first-order valence-electron chi connectivity index (χ1n) is 5.72. The lowest BCUT2D eigenvalue weighted by atomic mass is 10.2. The van der Waals surface area contributed by atoms with Crippen LogP contribution in [0.3, 0.4) is 0 Å². The molecule has 0 bridgehead atoms. The average Bonchev–Trinajstić information content (AvgIpc) is 2.37. The number of anilines is 1.